The number of hydrogen-bond donors (Lipinski definition) is 2. The van der Waals surface area contributed by atoms with Crippen LogP contribution < -0.4 is 11.1 Å². The van der Waals surface area contributed by atoms with Crippen molar-refractivity contribution in [2.45, 2.75) is 19.5 Å². The van der Waals surface area contributed by atoms with E-state index in [-0.39, 0.29) is 0 Å². The zero-order chi connectivity index (χ0) is 13.8. The number of nitrogens with two attached hydrogens (primary N) is 1. The van der Waals surface area contributed by atoms with Crippen molar-refractivity contribution in [3.05, 3.63) is 52.9 Å². The minimum atomic E-state index is 0.871. The Labute approximate surface area is 123 Å². The Morgan fingerprint density at radius 1 is 1.15 bits per heavy atom. The molecule has 0 fully saturated rings. The lowest BCUT2D eigenvalue weighted by Crippen LogP contribution is -2.16. The second-order valence-corrected chi connectivity index (χ2v) is 5.90. The van der Waals surface area contributed by atoms with Crippen molar-refractivity contribution >= 4 is 27.9 Å². The molecule has 0 spiro atoms. The van der Waals surface area contributed by atoms with Gasteiger partial charge in [0.15, 0.2) is 0 Å². The maximum Gasteiger partial charge on any atom is 0.0480 e. The quantitative estimate of drug-likeness (QED) is 0.681. The molecule has 0 saturated carbocycles. The summed E-state index contributed by atoms with van der Waals surface area (Å²) in [5.41, 5.74) is 8.08. The number of rotatable bonds is 6. The van der Waals surface area contributed by atoms with Crippen LogP contribution in [0.1, 0.15) is 11.3 Å². The molecule has 0 saturated heterocycles. The van der Waals surface area contributed by atoms with E-state index in [0.717, 1.165) is 31.7 Å². The highest BCUT2D eigenvalue weighted by Gasteiger charge is 2.01. The Hall–Kier alpha value is -1.78. The molecule has 2 aromatic heterocycles. The first-order chi connectivity index (χ1) is 9.84. The Morgan fingerprint density at radius 3 is 2.90 bits per heavy atom. The predicted molar refractivity (Wildman–Crippen MR) is 87.0 cm³/mol. The van der Waals surface area contributed by atoms with Gasteiger partial charge in [-0.05, 0) is 41.9 Å². The zero-order valence-corrected chi connectivity index (χ0v) is 12.2. The predicted octanol–water partition coefficient (Wildman–Crippen LogP) is 3.46. The van der Waals surface area contributed by atoms with Gasteiger partial charge in [0.25, 0.3) is 0 Å². The van der Waals surface area contributed by atoms with Gasteiger partial charge in [0.2, 0.25) is 0 Å². The van der Waals surface area contributed by atoms with Crippen molar-refractivity contribution in [3.63, 3.8) is 0 Å². The number of para-hydroxylation sites is 1. The molecule has 2 heterocycles. The van der Waals surface area contributed by atoms with E-state index in [2.05, 4.69) is 46.4 Å². The van der Waals surface area contributed by atoms with Gasteiger partial charge in [0, 0.05) is 35.4 Å². The van der Waals surface area contributed by atoms with Crippen LogP contribution >= 0.6 is 11.3 Å². The lowest BCUT2D eigenvalue weighted by Gasteiger charge is -2.07. The van der Waals surface area contributed by atoms with Crippen LogP contribution in [-0.4, -0.2) is 11.1 Å². The van der Waals surface area contributed by atoms with Crippen LogP contribution in [-0.2, 0) is 13.1 Å². The summed E-state index contributed by atoms with van der Waals surface area (Å²) in [4.78, 5) is 1.23. The molecule has 0 amide bonds. The van der Waals surface area contributed by atoms with Gasteiger partial charge < -0.3 is 15.6 Å². The molecule has 3 nitrogen and oxygen atoms in total. The highest BCUT2D eigenvalue weighted by molar-refractivity contribution is 7.10. The Morgan fingerprint density at radius 2 is 2.05 bits per heavy atom. The van der Waals surface area contributed by atoms with Crippen molar-refractivity contribution in [2.75, 3.05) is 12.3 Å². The van der Waals surface area contributed by atoms with Crippen LogP contribution in [0.5, 0.6) is 0 Å². The van der Waals surface area contributed by atoms with Crippen LogP contribution in [0.3, 0.4) is 0 Å². The number of nitrogen functional groups attached to an aromatic ring is 1. The van der Waals surface area contributed by atoms with Gasteiger partial charge in [-0.25, -0.2) is 0 Å². The monoisotopic (exact) mass is 285 g/mol. The second-order valence-electron chi connectivity index (χ2n) is 4.90. The summed E-state index contributed by atoms with van der Waals surface area (Å²) in [5, 5.41) is 6.81. The van der Waals surface area contributed by atoms with E-state index in [1.807, 2.05) is 11.4 Å². The molecule has 0 atom stereocenters. The largest absolute Gasteiger partial charge is 0.398 e. The Balaban J connectivity index is 1.47. The van der Waals surface area contributed by atoms with Crippen molar-refractivity contribution in [1.29, 1.82) is 0 Å². The van der Waals surface area contributed by atoms with E-state index in [0.29, 0.717) is 0 Å². The molecule has 0 radical (unpaired) electrons. The SMILES string of the molecule is Nc1ccsc1CNCCCn1ccc2ccccc21. The maximum atomic E-state index is 5.86. The molecule has 0 aliphatic heterocycles. The minimum Gasteiger partial charge on any atom is -0.398 e. The van der Waals surface area contributed by atoms with Crippen molar-refractivity contribution in [3.8, 4) is 0 Å². The summed E-state index contributed by atoms with van der Waals surface area (Å²) in [6.45, 7) is 2.92. The molecule has 20 heavy (non-hydrogen) atoms. The molecular weight excluding hydrogens is 266 g/mol. The summed E-state index contributed by atoms with van der Waals surface area (Å²) in [6, 6.07) is 12.7. The van der Waals surface area contributed by atoms with Crippen LogP contribution in [0.15, 0.2) is 48.0 Å². The van der Waals surface area contributed by atoms with E-state index in [4.69, 9.17) is 5.73 Å². The maximum absolute atomic E-state index is 5.86. The summed E-state index contributed by atoms with van der Waals surface area (Å²) in [7, 11) is 0. The van der Waals surface area contributed by atoms with E-state index >= 15 is 0 Å². The number of aryl methyl sites for hydroxylation is 1. The van der Waals surface area contributed by atoms with Crippen LogP contribution in [0, 0.1) is 0 Å². The van der Waals surface area contributed by atoms with E-state index in [9.17, 15) is 0 Å². The average molecular weight is 285 g/mol. The third-order valence-corrected chi connectivity index (χ3v) is 4.43. The van der Waals surface area contributed by atoms with Crippen LogP contribution in [0.4, 0.5) is 5.69 Å². The second kappa shape index (κ2) is 6.11. The first-order valence-corrected chi connectivity index (χ1v) is 7.79. The van der Waals surface area contributed by atoms with Gasteiger partial charge in [0.05, 0.1) is 0 Å². The summed E-state index contributed by atoms with van der Waals surface area (Å²) in [6.07, 6.45) is 3.28. The molecule has 3 N–H and O–H groups in total. The summed E-state index contributed by atoms with van der Waals surface area (Å²) >= 11 is 1.71. The molecule has 0 aliphatic rings. The number of aromatic nitrogens is 1. The van der Waals surface area contributed by atoms with Crippen molar-refractivity contribution < 1.29 is 0 Å². The number of hydrogen-bond acceptors (Lipinski definition) is 3. The smallest absolute Gasteiger partial charge is 0.0480 e. The van der Waals surface area contributed by atoms with E-state index in [1.165, 1.54) is 15.8 Å². The zero-order valence-electron chi connectivity index (χ0n) is 11.4. The summed E-state index contributed by atoms with van der Waals surface area (Å²) < 4.78 is 2.32. The topological polar surface area (TPSA) is 43.0 Å². The Kier molecular flexibility index (Phi) is 4.04. The van der Waals surface area contributed by atoms with Gasteiger partial charge in [-0.2, -0.15) is 0 Å². The average Bonchev–Trinajstić information content (AvgIpc) is 3.06. The normalized spacial score (nSPS) is 11.2. The number of benzene rings is 1. The fourth-order valence-corrected chi connectivity index (χ4v) is 3.17. The number of nitrogens with one attached hydrogen (secondary N) is 1. The van der Waals surface area contributed by atoms with Gasteiger partial charge in [-0.3, -0.25) is 0 Å². The fraction of sp³-hybridized carbons (Fsp3) is 0.250. The number of thiophene rings is 1. The third-order valence-electron chi connectivity index (χ3n) is 3.50. The standard InChI is InChI=1S/C16H19N3S/c17-14-7-11-20-16(14)12-18-8-3-9-19-10-6-13-4-1-2-5-15(13)19/h1-2,4-7,10-11,18H,3,8-9,12,17H2. The molecule has 1 aromatic carbocycles. The van der Waals surface area contributed by atoms with Crippen LogP contribution in [0.25, 0.3) is 10.9 Å². The molecule has 3 rings (SSSR count). The Bertz CT molecular complexity index is 684. The number of nitrogens with zero attached hydrogens (tertiary/aromatic N) is 1. The van der Waals surface area contributed by atoms with E-state index in [1.54, 1.807) is 11.3 Å². The molecule has 0 aliphatic carbocycles. The first-order valence-electron chi connectivity index (χ1n) is 6.91. The highest BCUT2D eigenvalue weighted by Crippen LogP contribution is 2.18. The minimum absolute atomic E-state index is 0.871. The fourth-order valence-electron chi connectivity index (χ4n) is 2.41. The first kappa shape index (κ1) is 13.2. The third kappa shape index (κ3) is 2.86. The molecular formula is C16H19N3S. The van der Waals surface area contributed by atoms with Crippen molar-refractivity contribution in [2.24, 2.45) is 0 Å². The van der Waals surface area contributed by atoms with Crippen LogP contribution in [0.2, 0.25) is 0 Å². The van der Waals surface area contributed by atoms with Gasteiger partial charge in [-0.15, -0.1) is 11.3 Å². The van der Waals surface area contributed by atoms with Gasteiger partial charge in [0.1, 0.15) is 0 Å². The highest BCUT2D eigenvalue weighted by atomic mass is 32.1. The molecule has 4 heteroatoms. The molecule has 104 valence electrons. The molecule has 0 bridgehead atoms. The van der Waals surface area contributed by atoms with Crippen molar-refractivity contribution in [1.82, 2.24) is 9.88 Å². The molecule has 3 aromatic rings. The van der Waals surface area contributed by atoms with Gasteiger partial charge >= 0.3 is 0 Å². The number of anilines is 1. The molecule has 0 unspecified atom stereocenters. The lowest BCUT2D eigenvalue weighted by atomic mass is 10.2. The van der Waals surface area contributed by atoms with Gasteiger partial charge in [-0.1, -0.05) is 18.2 Å². The number of fused-ring (bicyclic) bond motifs is 1. The lowest BCUT2D eigenvalue weighted by molar-refractivity contribution is 0.593. The summed E-state index contributed by atoms with van der Waals surface area (Å²) in [5.74, 6) is 0. The van der Waals surface area contributed by atoms with E-state index < -0.39 is 0 Å².